The third-order valence-corrected chi connectivity index (χ3v) is 2.42. The van der Waals surface area contributed by atoms with Gasteiger partial charge in [0.05, 0.1) is 6.61 Å². The zero-order valence-electron chi connectivity index (χ0n) is 12.2. The van der Waals surface area contributed by atoms with Crippen molar-refractivity contribution >= 4 is 5.95 Å². The van der Waals surface area contributed by atoms with Crippen LogP contribution in [0.5, 0.6) is 6.01 Å². The van der Waals surface area contributed by atoms with Crippen LogP contribution in [0.25, 0.3) is 5.95 Å². The van der Waals surface area contributed by atoms with Crippen molar-refractivity contribution in [3.8, 4) is 12.0 Å². The Balaban J connectivity index is 2.12. The summed E-state index contributed by atoms with van der Waals surface area (Å²) in [6, 6.07) is 0.230. The molecule has 0 saturated carbocycles. The first-order valence-corrected chi connectivity index (χ1v) is 6.89. The van der Waals surface area contributed by atoms with Gasteiger partial charge in [0.25, 0.3) is 5.95 Å². The van der Waals surface area contributed by atoms with E-state index in [1.54, 1.807) is 0 Å². The van der Waals surface area contributed by atoms with E-state index in [4.69, 9.17) is 9.47 Å². The van der Waals surface area contributed by atoms with Crippen molar-refractivity contribution in [3.05, 3.63) is 12.7 Å². The second kappa shape index (κ2) is 8.10. The van der Waals surface area contributed by atoms with Crippen LogP contribution in [0.4, 0.5) is 5.95 Å². The van der Waals surface area contributed by atoms with Crippen LogP contribution in [0, 0.1) is 0 Å². The first-order chi connectivity index (χ1) is 10.3. The zero-order chi connectivity index (χ0) is 14.9. The zero-order valence-corrected chi connectivity index (χ0v) is 12.2. The number of nitrogens with zero attached hydrogens (tertiary/aromatic N) is 6. The molecule has 0 aliphatic rings. The van der Waals surface area contributed by atoms with Crippen molar-refractivity contribution in [1.82, 2.24) is 29.7 Å². The number of anilines is 1. The Labute approximate surface area is 122 Å². The van der Waals surface area contributed by atoms with Crippen LogP contribution in [0.2, 0.25) is 0 Å². The van der Waals surface area contributed by atoms with E-state index in [0.717, 1.165) is 13.0 Å². The highest BCUT2D eigenvalue weighted by molar-refractivity contribution is 5.29. The lowest BCUT2D eigenvalue weighted by Gasteiger charge is -2.09. The van der Waals surface area contributed by atoms with Crippen molar-refractivity contribution in [2.75, 3.05) is 31.7 Å². The van der Waals surface area contributed by atoms with Crippen molar-refractivity contribution in [2.24, 2.45) is 0 Å². The molecule has 9 heteroatoms. The summed E-state index contributed by atoms with van der Waals surface area (Å²) in [5.41, 5.74) is 0. The van der Waals surface area contributed by atoms with Gasteiger partial charge in [0.15, 0.2) is 0 Å². The summed E-state index contributed by atoms with van der Waals surface area (Å²) < 4.78 is 12.1. The van der Waals surface area contributed by atoms with Crippen LogP contribution < -0.4 is 10.1 Å². The van der Waals surface area contributed by atoms with Crippen LogP contribution in [-0.4, -0.2) is 56.1 Å². The van der Waals surface area contributed by atoms with Gasteiger partial charge in [0, 0.05) is 13.2 Å². The molecule has 0 atom stereocenters. The maximum atomic E-state index is 5.48. The summed E-state index contributed by atoms with van der Waals surface area (Å²) in [7, 11) is 0. The quantitative estimate of drug-likeness (QED) is 0.674. The topological polar surface area (TPSA) is 99.9 Å². The normalized spacial score (nSPS) is 10.6. The van der Waals surface area contributed by atoms with Crippen molar-refractivity contribution in [1.29, 1.82) is 0 Å². The standard InChI is InChI=1S/C12H19N7O2/c1-3-5-14-10-16-11(19-9-13-8-15-19)18-12(17-10)21-7-6-20-4-2/h8-9H,3-7H2,1-2H3,(H,14,16,17,18). The molecule has 0 radical (unpaired) electrons. The number of rotatable bonds is 9. The Kier molecular flexibility index (Phi) is 5.83. The summed E-state index contributed by atoms with van der Waals surface area (Å²) in [5.74, 6) is 0.802. The Morgan fingerprint density at radius 1 is 1.19 bits per heavy atom. The van der Waals surface area contributed by atoms with Gasteiger partial charge in [-0.25, -0.2) is 4.98 Å². The first kappa shape index (κ1) is 15.1. The molecule has 0 spiro atoms. The highest BCUT2D eigenvalue weighted by Crippen LogP contribution is 2.10. The van der Waals surface area contributed by atoms with E-state index in [0.29, 0.717) is 31.7 Å². The minimum atomic E-state index is 0.230. The molecule has 0 aliphatic heterocycles. The Morgan fingerprint density at radius 2 is 2.10 bits per heavy atom. The molecule has 21 heavy (non-hydrogen) atoms. The van der Waals surface area contributed by atoms with E-state index >= 15 is 0 Å². The van der Waals surface area contributed by atoms with E-state index < -0.39 is 0 Å². The summed E-state index contributed by atoms with van der Waals surface area (Å²) in [4.78, 5) is 16.6. The lowest BCUT2D eigenvalue weighted by atomic mass is 10.5. The molecule has 2 rings (SSSR count). The lowest BCUT2D eigenvalue weighted by molar-refractivity contribution is 0.106. The molecule has 0 amide bonds. The van der Waals surface area contributed by atoms with Crippen molar-refractivity contribution in [3.63, 3.8) is 0 Å². The number of aromatic nitrogens is 6. The minimum Gasteiger partial charge on any atom is -0.461 e. The molecule has 0 fully saturated rings. The smallest absolute Gasteiger partial charge is 0.323 e. The van der Waals surface area contributed by atoms with Crippen LogP contribution >= 0.6 is 0 Å². The van der Waals surface area contributed by atoms with Gasteiger partial charge in [-0.05, 0) is 13.3 Å². The maximum Gasteiger partial charge on any atom is 0.323 e. The van der Waals surface area contributed by atoms with E-state index in [9.17, 15) is 0 Å². The number of hydrogen-bond donors (Lipinski definition) is 1. The Hall–Kier alpha value is -2.29. The molecule has 0 aliphatic carbocycles. The average molecular weight is 293 g/mol. The largest absolute Gasteiger partial charge is 0.461 e. The number of ether oxygens (including phenoxy) is 2. The van der Waals surface area contributed by atoms with Crippen LogP contribution in [-0.2, 0) is 4.74 Å². The van der Waals surface area contributed by atoms with Gasteiger partial charge in [-0.15, -0.1) is 0 Å². The predicted octanol–water partition coefficient (Wildman–Crippen LogP) is 0.689. The third kappa shape index (κ3) is 4.63. The summed E-state index contributed by atoms with van der Waals surface area (Å²) in [5, 5.41) is 7.11. The maximum absolute atomic E-state index is 5.48. The summed E-state index contributed by atoms with van der Waals surface area (Å²) in [6.07, 6.45) is 3.90. The molecule has 2 aromatic rings. The van der Waals surface area contributed by atoms with Crippen LogP contribution in [0.15, 0.2) is 12.7 Å². The monoisotopic (exact) mass is 293 g/mol. The average Bonchev–Trinajstić information content (AvgIpc) is 3.04. The third-order valence-electron chi connectivity index (χ3n) is 2.42. The molecule has 2 heterocycles. The molecular formula is C12H19N7O2. The molecule has 1 N–H and O–H groups in total. The van der Waals surface area contributed by atoms with Gasteiger partial charge in [-0.2, -0.15) is 24.7 Å². The first-order valence-electron chi connectivity index (χ1n) is 6.89. The van der Waals surface area contributed by atoms with Crippen molar-refractivity contribution in [2.45, 2.75) is 20.3 Å². The minimum absolute atomic E-state index is 0.230. The van der Waals surface area contributed by atoms with Crippen molar-refractivity contribution < 1.29 is 9.47 Å². The predicted molar refractivity (Wildman–Crippen MR) is 75.5 cm³/mol. The molecule has 9 nitrogen and oxygen atoms in total. The van der Waals surface area contributed by atoms with Crippen LogP contribution in [0.3, 0.4) is 0 Å². The van der Waals surface area contributed by atoms with Gasteiger partial charge in [-0.1, -0.05) is 6.92 Å². The molecule has 0 aromatic carbocycles. The number of hydrogen-bond acceptors (Lipinski definition) is 8. The fourth-order valence-corrected chi connectivity index (χ4v) is 1.48. The fraction of sp³-hybridized carbons (Fsp3) is 0.583. The Bertz CT molecular complexity index is 532. The fourth-order valence-electron chi connectivity index (χ4n) is 1.48. The second-order valence-corrected chi connectivity index (χ2v) is 4.05. The molecule has 2 aromatic heterocycles. The molecule has 0 saturated heterocycles. The van der Waals surface area contributed by atoms with E-state index in [2.05, 4.69) is 37.3 Å². The summed E-state index contributed by atoms with van der Waals surface area (Å²) >= 11 is 0. The van der Waals surface area contributed by atoms with E-state index in [1.807, 2.05) is 6.92 Å². The highest BCUT2D eigenvalue weighted by Gasteiger charge is 2.09. The van der Waals surface area contributed by atoms with Gasteiger partial charge in [0.1, 0.15) is 19.3 Å². The molecule has 0 unspecified atom stereocenters. The lowest BCUT2D eigenvalue weighted by Crippen LogP contribution is -2.14. The summed E-state index contributed by atoms with van der Waals surface area (Å²) in [6.45, 7) is 6.26. The SMILES string of the molecule is CCCNc1nc(OCCOCC)nc(-n2cncn2)n1. The molecule has 0 bridgehead atoms. The molecule has 114 valence electrons. The van der Waals surface area contributed by atoms with E-state index in [-0.39, 0.29) is 6.01 Å². The van der Waals surface area contributed by atoms with Gasteiger partial charge in [0.2, 0.25) is 5.95 Å². The van der Waals surface area contributed by atoms with Gasteiger partial charge in [-0.3, -0.25) is 0 Å². The van der Waals surface area contributed by atoms with Gasteiger partial charge >= 0.3 is 6.01 Å². The second-order valence-electron chi connectivity index (χ2n) is 4.05. The molecular weight excluding hydrogens is 274 g/mol. The van der Waals surface area contributed by atoms with Crippen LogP contribution in [0.1, 0.15) is 20.3 Å². The number of nitrogens with one attached hydrogen (secondary N) is 1. The van der Waals surface area contributed by atoms with Gasteiger partial charge < -0.3 is 14.8 Å². The van der Waals surface area contributed by atoms with E-state index in [1.165, 1.54) is 17.3 Å². The Morgan fingerprint density at radius 3 is 2.81 bits per heavy atom. The highest BCUT2D eigenvalue weighted by atomic mass is 16.5.